The Balaban J connectivity index is 1.71. The number of hydrazone groups is 1. The zero-order valence-electron chi connectivity index (χ0n) is 16.2. The van der Waals surface area contributed by atoms with E-state index in [1.165, 1.54) is 17.1 Å². The molecule has 0 radical (unpaired) electrons. The van der Waals surface area contributed by atoms with Crippen LogP contribution in [0.15, 0.2) is 60.0 Å². The Morgan fingerprint density at radius 1 is 1.10 bits per heavy atom. The summed E-state index contributed by atoms with van der Waals surface area (Å²) in [5.74, 6) is -1.51. The van der Waals surface area contributed by atoms with Crippen LogP contribution in [0.1, 0.15) is 36.4 Å². The van der Waals surface area contributed by atoms with Crippen molar-refractivity contribution in [1.82, 2.24) is 15.0 Å². The molecule has 3 aromatic rings. The second-order valence-corrected chi connectivity index (χ2v) is 7.01. The summed E-state index contributed by atoms with van der Waals surface area (Å²) in [5, 5.41) is 25.8. The summed E-state index contributed by atoms with van der Waals surface area (Å²) in [6.07, 6.45) is 2.97. The van der Waals surface area contributed by atoms with E-state index in [4.69, 9.17) is 5.11 Å². The number of carboxylic acids is 1. The summed E-state index contributed by atoms with van der Waals surface area (Å²) in [5.41, 5.74) is 3.09. The van der Waals surface area contributed by atoms with Gasteiger partial charge >= 0.3 is 5.97 Å². The Hall–Kier alpha value is -4.21. The van der Waals surface area contributed by atoms with Crippen LogP contribution in [0.3, 0.4) is 0 Å². The van der Waals surface area contributed by atoms with Crippen molar-refractivity contribution in [2.45, 2.75) is 25.3 Å². The molecular formula is C21H17N5O5. The molecule has 156 valence electrons. The molecule has 0 spiro atoms. The Kier molecular flexibility index (Phi) is 5.35. The third-order valence-electron chi connectivity index (χ3n) is 4.99. The molecule has 10 heteroatoms. The molecule has 2 heterocycles. The molecule has 0 unspecified atom stereocenters. The minimum Gasteiger partial charge on any atom is -0.481 e. The standard InChI is InChI=1S/C21H17N5O5/c27-20(6-7-21(28)29)25-19(14-4-5-16-18(11-14)23-9-8-22-16)12-17(24-25)13-2-1-3-15(10-13)26(30)31/h1-5,8-11,19H,6-7,12H2,(H,28,29)/t19-/m0/s1. The second-order valence-electron chi connectivity index (χ2n) is 7.01. The summed E-state index contributed by atoms with van der Waals surface area (Å²) in [7, 11) is 0. The normalized spacial score (nSPS) is 15.7. The van der Waals surface area contributed by atoms with Crippen molar-refractivity contribution in [2.24, 2.45) is 5.10 Å². The van der Waals surface area contributed by atoms with Gasteiger partial charge in [0, 0.05) is 42.9 Å². The largest absolute Gasteiger partial charge is 0.481 e. The second kappa shape index (κ2) is 8.27. The monoisotopic (exact) mass is 419 g/mol. The molecule has 0 fully saturated rings. The number of carbonyl (C=O) groups is 2. The molecule has 1 aromatic heterocycles. The van der Waals surface area contributed by atoms with Gasteiger partial charge in [-0.25, -0.2) is 5.01 Å². The van der Waals surface area contributed by atoms with Crippen molar-refractivity contribution in [1.29, 1.82) is 0 Å². The molecular weight excluding hydrogens is 402 g/mol. The fourth-order valence-corrected chi connectivity index (χ4v) is 3.49. The van der Waals surface area contributed by atoms with Gasteiger partial charge in [0.1, 0.15) is 0 Å². The zero-order chi connectivity index (χ0) is 22.0. The molecule has 0 aliphatic carbocycles. The summed E-state index contributed by atoms with van der Waals surface area (Å²) >= 11 is 0. The number of amides is 1. The number of nitrogens with zero attached hydrogens (tertiary/aromatic N) is 5. The lowest BCUT2D eigenvalue weighted by Crippen LogP contribution is -2.27. The average molecular weight is 419 g/mol. The highest BCUT2D eigenvalue weighted by Crippen LogP contribution is 2.34. The number of aromatic nitrogens is 2. The Morgan fingerprint density at radius 3 is 2.61 bits per heavy atom. The highest BCUT2D eigenvalue weighted by atomic mass is 16.6. The summed E-state index contributed by atoms with van der Waals surface area (Å²) < 4.78 is 0. The summed E-state index contributed by atoms with van der Waals surface area (Å²) in [6, 6.07) is 11.0. The minimum atomic E-state index is -1.08. The fraction of sp³-hybridized carbons (Fsp3) is 0.190. The van der Waals surface area contributed by atoms with Gasteiger partial charge in [-0.05, 0) is 17.7 Å². The van der Waals surface area contributed by atoms with Crippen molar-refractivity contribution in [3.8, 4) is 0 Å². The quantitative estimate of drug-likeness (QED) is 0.478. The fourth-order valence-electron chi connectivity index (χ4n) is 3.49. The maximum absolute atomic E-state index is 12.8. The maximum atomic E-state index is 12.8. The molecule has 2 aromatic carbocycles. The van der Waals surface area contributed by atoms with Gasteiger partial charge in [0.05, 0.1) is 34.1 Å². The number of nitro groups is 1. The number of carbonyl (C=O) groups excluding carboxylic acids is 1. The smallest absolute Gasteiger partial charge is 0.303 e. The number of aliphatic carboxylic acids is 1. The molecule has 0 saturated carbocycles. The number of carboxylic acid groups (broad SMARTS) is 1. The predicted octanol–water partition coefficient (Wildman–Crippen LogP) is 3.08. The molecule has 0 bridgehead atoms. The van der Waals surface area contributed by atoms with E-state index in [1.807, 2.05) is 12.1 Å². The molecule has 0 saturated heterocycles. The van der Waals surface area contributed by atoms with E-state index in [1.54, 1.807) is 30.6 Å². The molecule has 10 nitrogen and oxygen atoms in total. The van der Waals surface area contributed by atoms with Crippen LogP contribution in [0, 0.1) is 10.1 Å². The highest BCUT2D eigenvalue weighted by molar-refractivity contribution is 6.03. The van der Waals surface area contributed by atoms with Crippen molar-refractivity contribution in [3.05, 3.63) is 76.1 Å². The highest BCUT2D eigenvalue weighted by Gasteiger charge is 2.33. The summed E-state index contributed by atoms with van der Waals surface area (Å²) in [6.45, 7) is 0. The van der Waals surface area contributed by atoms with Gasteiger partial charge in [-0.1, -0.05) is 18.2 Å². The lowest BCUT2D eigenvalue weighted by atomic mass is 9.97. The number of rotatable bonds is 6. The van der Waals surface area contributed by atoms with Crippen molar-refractivity contribution >= 4 is 34.3 Å². The Morgan fingerprint density at radius 2 is 1.87 bits per heavy atom. The third kappa shape index (κ3) is 4.22. The van der Waals surface area contributed by atoms with Gasteiger partial charge in [0.15, 0.2) is 0 Å². The lowest BCUT2D eigenvalue weighted by molar-refractivity contribution is -0.384. The lowest BCUT2D eigenvalue weighted by Gasteiger charge is -2.22. The Labute approximate surface area is 176 Å². The van der Waals surface area contributed by atoms with Gasteiger partial charge in [0.2, 0.25) is 5.91 Å². The van der Waals surface area contributed by atoms with Crippen LogP contribution in [-0.4, -0.2) is 42.6 Å². The van der Waals surface area contributed by atoms with Crippen LogP contribution in [-0.2, 0) is 9.59 Å². The number of hydrogen-bond acceptors (Lipinski definition) is 7. The summed E-state index contributed by atoms with van der Waals surface area (Å²) in [4.78, 5) is 42.9. The van der Waals surface area contributed by atoms with Crippen LogP contribution in [0.2, 0.25) is 0 Å². The van der Waals surface area contributed by atoms with Gasteiger partial charge in [-0.3, -0.25) is 29.7 Å². The first kappa shape index (κ1) is 20.1. The number of non-ortho nitro benzene ring substituents is 1. The average Bonchev–Trinajstić information content (AvgIpc) is 3.23. The van der Waals surface area contributed by atoms with E-state index >= 15 is 0 Å². The first-order valence-electron chi connectivity index (χ1n) is 9.49. The van der Waals surface area contributed by atoms with Crippen molar-refractivity contribution in [2.75, 3.05) is 0 Å². The maximum Gasteiger partial charge on any atom is 0.303 e. The van der Waals surface area contributed by atoms with E-state index in [-0.39, 0.29) is 18.5 Å². The van der Waals surface area contributed by atoms with E-state index in [2.05, 4.69) is 15.1 Å². The van der Waals surface area contributed by atoms with Crippen LogP contribution in [0.4, 0.5) is 5.69 Å². The number of benzene rings is 2. The Bertz CT molecular complexity index is 1230. The first-order valence-corrected chi connectivity index (χ1v) is 9.49. The molecule has 1 atom stereocenters. The van der Waals surface area contributed by atoms with Gasteiger partial charge in [-0.2, -0.15) is 5.10 Å². The molecule has 1 amide bonds. The number of fused-ring (bicyclic) bond motifs is 1. The van der Waals surface area contributed by atoms with Gasteiger partial charge in [0.25, 0.3) is 5.69 Å². The van der Waals surface area contributed by atoms with Crippen LogP contribution < -0.4 is 0 Å². The van der Waals surface area contributed by atoms with Crippen molar-refractivity contribution < 1.29 is 19.6 Å². The van der Waals surface area contributed by atoms with E-state index < -0.39 is 22.8 Å². The number of nitro benzene ring substituents is 1. The van der Waals surface area contributed by atoms with Gasteiger partial charge in [-0.15, -0.1) is 0 Å². The zero-order valence-corrected chi connectivity index (χ0v) is 16.2. The van der Waals surface area contributed by atoms with Crippen LogP contribution in [0.25, 0.3) is 11.0 Å². The molecule has 1 aliphatic rings. The van der Waals surface area contributed by atoms with Crippen LogP contribution >= 0.6 is 0 Å². The molecule has 1 aliphatic heterocycles. The minimum absolute atomic E-state index is 0.0756. The third-order valence-corrected chi connectivity index (χ3v) is 4.99. The predicted molar refractivity (Wildman–Crippen MR) is 110 cm³/mol. The molecule has 4 rings (SSSR count). The number of hydrogen-bond donors (Lipinski definition) is 1. The van der Waals surface area contributed by atoms with Crippen LogP contribution in [0.5, 0.6) is 0 Å². The molecule has 31 heavy (non-hydrogen) atoms. The topological polar surface area (TPSA) is 139 Å². The van der Waals surface area contributed by atoms with E-state index in [9.17, 15) is 19.7 Å². The molecule has 1 N–H and O–H groups in total. The van der Waals surface area contributed by atoms with E-state index in [0.717, 1.165) is 5.56 Å². The van der Waals surface area contributed by atoms with Gasteiger partial charge < -0.3 is 5.11 Å². The SMILES string of the molecule is O=C(O)CCC(=O)N1N=C(c2cccc([N+](=O)[O-])c2)C[C@H]1c1ccc2nccnc2c1. The van der Waals surface area contributed by atoms with E-state index in [0.29, 0.717) is 28.7 Å². The first-order chi connectivity index (χ1) is 14.9. The van der Waals surface area contributed by atoms with Crippen molar-refractivity contribution in [3.63, 3.8) is 0 Å².